The highest BCUT2D eigenvalue weighted by atomic mass is 19.1. The summed E-state index contributed by atoms with van der Waals surface area (Å²) in [5.41, 5.74) is 2.37. The van der Waals surface area contributed by atoms with Gasteiger partial charge in [0.2, 0.25) is 5.91 Å². The van der Waals surface area contributed by atoms with Gasteiger partial charge in [0.1, 0.15) is 5.82 Å². The zero-order valence-corrected chi connectivity index (χ0v) is 12.8. The van der Waals surface area contributed by atoms with Crippen molar-refractivity contribution in [2.45, 2.75) is 12.8 Å². The quantitative estimate of drug-likeness (QED) is 0.783. The number of aromatic nitrogens is 3. The first-order valence-corrected chi connectivity index (χ1v) is 7.49. The molecule has 0 unspecified atom stereocenters. The Morgan fingerprint density at radius 2 is 1.88 bits per heavy atom. The molecule has 1 amide bonds. The summed E-state index contributed by atoms with van der Waals surface area (Å²) in [7, 11) is 0. The fourth-order valence-electron chi connectivity index (χ4n) is 2.22. The number of aryl methyl sites for hydroxylation is 1. The second kappa shape index (κ2) is 7.41. The number of anilines is 1. The number of hydrogen-bond acceptors (Lipinski definition) is 4. The molecule has 0 atom stereocenters. The van der Waals surface area contributed by atoms with E-state index in [0.29, 0.717) is 17.8 Å². The van der Waals surface area contributed by atoms with Gasteiger partial charge < -0.3 is 5.32 Å². The third-order valence-corrected chi connectivity index (χ3v) is 3.40. The van der Waals surface area contributed by atoms with Gasteiger partial charge in [-0.15, -0.1) is 10.2 Å². The standard InChI is InChI=1S/C18H15FN4O/c19-15-10-13(11-20-12-15)6-9-18(24)21-17-8-7-16(22-23-17)14-4-2-1-3-5-14/h1-5,7-8,10-12H,6,9H2,(H,21,23,24). The number of amides is 1. The van der Waals surface area contributed by atoms with Gasteiger partial charge in [-0.25, -0.2) is 4.39 Å². The molecular formula is C18H15FN4O. The van der Waals surface area contributed by atoms with Crippen LogP contribution in [0.25, 0.3) is 11.3 Å². The Bertz CT molecular complexity index is 822. The summed E-state index contributed by atoms with van der Waals surface area (Å²) in [5, 5.41) is 10.8. The fourth-order valence-corrected chi connectivity index (χ4v) is 2.22. The average Bonchev–Trinajstić information content (AvgIpc) is 2.61. The Kier molecular flexibility index (Phi) is 4.86. The number of rotatable bonds is 5. The molecule has 5 nitrogen and oxygen atoms in total. The first kappa shape index (κ1) is 15.7. The van der Waals surface area contributed by atoms with Crippen molar-refractivity contribution in [3.8, 4) is 11.3 Å². The Balaban J connectivity index is 1.57. The van der Waals surface area contributed by atoms with Gasteiger partial charge in [0.05, 0.1) is 11.9 Å². The van der Waals surface area contributed by atoms with E-state index in [4.69, 9.17) is 0 Å². The summed E-state index contributed by atoms with van der Waals surface area (Å²) >= 11 is 0. The van der Waals surface area contributed by atoms with Gasteiger partial charge in [0.15, 0.2) is 5.82 Å². The van der Waals surface area contributed by atoms with E-state index in [1.165, 1.54) is 6.07 Å². The third-order valence-electron chi connectivity index (χ3n) is 3.40. The highest BCUT2D eigenvalue weighted by Crippen LogP contribution is 2.16. The van der Waals surface area contributed by atoms with E-state index >= 15 is 0 Å². The number of carbonyl (C=O) groups excluding carboxylic acids is 1. The summed E-state index contributed by atoms with van der Waals surface area (Å²) < 4.78 is 13.0. The molecule has 1 N–H and O–H groups in total. The minimum absolute atomic E-state index is 0.207. The Morgan fingerprint density at radius 3 is 2.58 bits per heavy atom. The van der Waals surface area contributed by atoms with Gasteiger partial charge in [-0.2, -0.15) is 0 Å². The number of nitrogens with zero attached hydrogens (tertiary/aromatic N) is 3. The number of carbonyl (C=O) groups is 1. The highest BCUT2D eigenvalue weighted by Gasteiger charge is 2.06. The zero-order valence-electron chi connectivity index (χ0n) is 12.8. The summed E-state index contributed by atoms with van der Waals surface area (Å²) in [6.07, 6.45) is 3.30. The molecule has 0 aliphatic rings. The molecule has 0 bridgehead atoms. The summed E-state index contributed by atoms with van der Waals surface area (Å²) in [4.78, 5) is 15.7. The maximum atomic E-state index is 13.0. The van der Waals surface area contributed by atoms with Crippen LogP contribution >= 0.6 is 0 Å². The molecule has 24 heavy (non-hydrogen) atoms. The van der Waals surface area contributed by atoms with Gasteiger partial charge in [-0.1, -0.05) is 30.3 Å². The molecule has 3 aromatic rings. The predicted molar refractivity (Wildman–Crippen MR) is 88.6 cm³/mol. The normalized spacial score (nSPS) is 10.4. The average molecular weight is 322 g/mol. The maximum absolute atomic E-state index is 13.0. The smallest absolute Gasteiger partial charge is 0.225 e. The van der Waals surface area contributed by atoms with Gasteiger partial charge >= 0.3 is 0 Å². The maximum Gasteiger partial charge on any atom is 0.225 e. The van der Waals surface area contributed by atoms with Crippen molar-refractivity contribution < 1.29 is 9.18 Å². The van der Waals surface area contributed by atoms with Crippen LogP contribution in [0.5, 0.6) is 0 Å². The first-order valence-electron chi connectivity index (χ1n) is 7.49. The zero-order chi connectivity index (χ0) is 16.8. The van der Waals surface area contributed by atoms with Crippen LogP contribution < -0.4 is 5.32 Å². The van der Waals surface area contributed by atoms with Crippen molar-refractivity contribution in [1.82, 2.24) is 15.2 Å². The van der Waals surface area contributed by atoms with Crippen LogP contribution in [0.1, 0.15) is 12.0 Å². The summed E-state index contributed by atoms with van der Waals surface area (Å²) in [5.74, 6) is -0.228. The number of nitrogens with one attached hydrogen (secondary N) is 1. The van der Waals surface area contributed by atoms with Crippen molar-refractivity contribution in [2.24, 2.45) is 0 Å². The Labute approximate surface area is 138 Å². The van der Waals surface area contributed by atoms with Crippen LogP contribution in [0, 0.1) is 5.82 Å². The Hall–Kier alpha value is -3.15. The number of halogens is 1. The highest BCUT2D eigenvalue weighted by molar-refractivity contribution is 5.89. The lowest BCUT2D eigenvalue weighted by Crippen LogP contribution is -2.14. The molecule has 6 heteroatoms. The minimum Gasteiger partial charge on any atom is -0.309 e. The molecule has 0 fully saturated rings. The molecule has 3 rings (SSSR count). The topological polar surface area (TPSA) is 67.8 Å². The van der Waals surface area contributed by atoms with Crippen molar-refractivity contribution in [2.75, 3.05) is 5.32 Å². The SMILES string of the molecule is O=C(CCc1cncc(F)c1)Nc1ccc(-c2ccccc2)nn1. The van der Waals surface area contributed by atoms with Crippen LogP contribution in [0.15, 0.2) is 60.9 Å². The number of benzene rings is 1. The van der Waals surface area contributed by atoms with Crippen molar-refractivity contribution in [3.05, 3.63) is 72.3 Å². The molecule has 0 saturated heterocycles. The monoisotopic (exact) mass is 322 g/mol. The van der Waals surface area contributed by atoms with Gasteiger partial charge in [-0.05, 0) is 30.2 Å². The first-order chi connectivity index (χ1) is 11.7. The molecule has 0 saturated carbocycles. The Morgan fingerprint density at radius 1 is 1.04 bits per heavy atom. The molecule has 2 heterocycles. The molecule has 0 spiro atoms. The van der Waals surface area contributed by atoms with Crippen molar-refractivity contribution in [3.63, 3.8) is 0 Å². The number of hydrogen-bond donors (Lipinski definition) is 1. The van der Waals surface area contributed by atoms with Gasteiger partial charge in [-0.3, -0.25) is 9.78 Å². The molecule has 1 aromatic carbocycles. The van der Waals surface area contributed by atoms with E-state index in [1.54, 1.807) is 18.3 Å². The lowest BCUT2D eigenvalue weighted by atomic mass is 10.1. The van der Waals surface area contributed by atoms with Crippen molar-refractivity contribution in [1.29, 1.82) is 0 Å². The van der Waals surface area contributed by atoms with E-state index in [1.807, 2.05) is 30.3 Å². The third kappa shape index (κ3) is 4.19. The van der Waals surface area contributed by atoms with Gasteiger partial charge in [0, 0.05) is 18.2 Å². The van der Waals surface area contributed by atoms with Crippen LogP contribution in [-0.4, -0.2) is 21.1 Å². The van der Waals surface area contributed by atoms with E-state index in [0.717, 1.165) is 17.5 Å². The van der Waals surface area contributed by atoms with E-state index < -0.39 is 5.82 Å². The minimum atomic E-state index is -0.407. The predicted octanol–water partition coefficient (Wildman–Crippen LogP) is 3.25. The molecule has 0 aliphatic heterocycles. The van der Waals surface area contributed by atoms with E-state index in [-0.39, 0.29) is 12.3 Å². The second-order valence-electron chi connectivity index (χ2n) is 5.23. The van der Waals surface area contributed by atoms with Crippen molar-refractivity contribution >= 4 is 11.7 Å². The largest absolute Gasteiger partial charge is 0.309 e. The van der Waals surface area contributed by atoms with Gasteiger partial charge in [0.25, 0.3) is 0 Å². The van der Waals surface area contributed by atoms with Crippen LogP contribution in [0.4, 0.5) is 10.2 Å². The molecule has 2 aromatic heterocycles. The lowest BCUT2D eigenvalue weighted by molar-refractivity contribution is -0.116. The van der Waals surface area contributed by atoms with E-state index in [2.05, 4.69) is 20.5 Å². The lowest BCUT2D eigenvalue weighted by Gasteiger charge is -2.05. The van der Waals surface area contributed by atoms with Crippen LogP contribution in [-0.2, 0) is 11.2 Å². The molecule has 0 aliphatic carbocycles. The van der Waals surface area contributed by atoms with Crippen LogP contribution in [0.3, 0.4) is 0 Å². The summed E-state index contributed by atoms with van der Waals surface area (Å²) in [6.45, 7) is 0. The molecular weight excluding hydrogens is 307 g/mol. The molecule has 0 radical (unpaired) electrons. The molecule has 120 valence electrons. The summed E-state index contributed by atoms with van der Waals surface area (Å²) in [6, 6.07) is 14.5. The number of pyridine rings is 1. The van der Waals surface area contributed by atoms with E-state index in [9.17, 15) is 9.18 Å². The fraction of sp³-hybridized carbons (Fsp3) is 0.111. The van der Waals surface area contributed by atoms with Crippen LogP contribution in [0.2, 0.25) is 0 Å². The second-order valence-corrected chi connectivity index (χ2v) is 5.23.